The van der Waals surface area contributed by atoms with E-state index in [9.17, 15) is 4.79 Å². The molecule has 3 aromatic rings. The number of halogens is 2. The Bertz CT molecular complexity index is 783. The van der Waals surface area contributed by atoms with Crippen LogP contribution in [0, 0.1) is 0 Å². The van der Waals surface area contributed by atoms with Crippen LogP contribution >= 0.6 is 27.5 Å². The number of amides is 1. The van der Waals surface area contributed by atoms with Gasteiger partial charge in [-0.05, 0) is 28.1 Å². The van der Waals surface area contributed by atoms with Gasteiger partial charge in [0.1, 0.15) is 10.3 Å². The predicted octanol–water partition coefficient (Wildman–Crippen LogP) is 2.79. The zero-order valence-corrected chi connectivity index (χ0v) is 12.3. The van der Waals surface area contributed by atoms with E-state index in [4.69, 9.17) is 11.6 Å². The minimum atomic E-state index is -0.379. The number of anilines is 1. The van der Waals surface area contributed by atoms with Gasteiger partial charge in [0.2, 0.25) is 0 Å². The Hall–Kier alpha value is -1.99. The number of fused-ring (bicyclic) bond motifs is 1. The summed E-state index contributed by atoms with van der Waals surface area (Å²) in [6.07, 6.45) is 6.41. The van der Waals surface area contributed by atoms with Crippen LogP contribution in [0.3, 0.4) is 0 Å². The van der Waals surface area contributed by atoms with Crippen molar-refractivity contribution in [1.29, 1.82) is 0 Å². The van der Waals surface area contributed by atoms with E-state index in [-0.39, 0.29) is 11.5 Å². The zero-order valence-electron chi connectivity index (χ0n) is 9.92. The summed E-state index contributed by atoms with van der Waals surface area (Å²) in [6.45, 7) is 0. The van der Waals surface area contributed by atoms with Crippen molar-refractivity contribution in [1.82, 2.24) is 19.6 Å². The van der Waals surface area contributed by atoms with Gasteiger partial charge < -0.3 is 5.32 Å². The maximum atomic E-state index is 12.3. The maximum Gasteiger partial charge on any atom is 0.260 e. The molecule has 0 aliphatic heterocycles. The van der Waals surface area contributed by atoms with Crippen LogP contribution in [-0.2, 0) is 0 Å². The van der Waals surface area contributed by atoms with Gasteiger partial charge in [0.05, 0.1) is 16.8 Å². The number of nitrogens with one attached hydrogen (secondary N) is 1. The molecule has 1 amide bonds. The molecule has 3 rings (SSSR count). The van der Waals surface area contributed by atoms with Crippen LogP contribution in [0.25, 0.3) is 5.65 Å². The predicted molar refractivity (Wildman–Crippen MR) is 77.9 cm³/mol. The first kappa shape index (κ1) is 13.0. The third kappa shape index (κ3) is 2.25. The van der Waals surface area contributed by atoms with Gasteiger partial charge in [-0.25, -0.2) is 14.5 Å². The van der Waals surface area contributed by atoms with Gasteiger partial charge in [0.15, 0.2) is 5.65 Å². The molecule has 0 saturated carbocycles. The highest BCUT2D eigenvalue weighted by Gasteiger charge is 2.17. The molecule has 0 aliphatic carbocycles. The van der Waals surface area contributed by atoms with Gasteiger partial charge in [-0.2, -0.15) is 5.10 Å². The van der Waals surface area contributed by atoms with E-state index in [2.05, 4.69) is 36.3 Å². The quantitative estimate of drug-likeness (QED) is 0.720. The molecule has 0 aromatic carbocycles. The first-order chi connectivity index (χ1) is 9.66. The third-order valence-electron chi connectivity index (χ3n) is 2.61. The second-order valence-corrected chi connectivity index (χ2v) is 5.02. The lowest BCUT2D eigenvalue weighted by Gasteiger charge is -2.06. The summed E-state index contributed by atoms with van der Waals surface area (Å²) < 4.78 is 1.95. The average molecular weight is 353 g/mol. The van der Waals surface area contributed by atoms with Crippen molar-refractivity contribution in [3.63, 3.8) is 0 Å². The van der Waals surface area contributed by atoms with Gasteiger partial charge in [-0.1, -0.05) is 11.6 Å². The SMILES string of the molecule is O=C(Nc1cnn2cccnc12)c1c(Cl)ccnc1Br. The Balaban J connectivity index is 1.97. The summed E-state index contributed by atoms with van der Waals surface area (Å²) in [5, 5.41) is 7.13. The standard InChI is InChI=1S/C12H7BrClN5O/c13-10-9(7(14)2-4-15-10)12(20)18-8-6-17-19-5-1-3-16-11(8)19/h1-6H,(H,18,20). The Morgan fingerprint density at radius 2 is 2.20 bits per heavy atom. The van der Waals surface area contributed by atoms with E-state index in [0.29, 0.717) is 21.0 Å². The fraction of sp³-hybridized carbons (Fsp3) is 0. The molecule has 8 heteroatoms. The van der Waals surface area contributed by atoms with Gasteiger partial charge >= 0.3 is 0 Å². The number of pyridine rings is 1. The lowest BCUT2D eigenvalue weighted by atomic mass is 10.2. The second kappa shape index (κ2) is 5.18. The molecule has 0 aliphatic rings. The first-order valence-electron chi connectivity index (χ1n) is 5.56. The number of hydrogen-bond acceptors (Lipinski definition) is 4. The van der Waals surface area contributed by atoms with Crippen LogP contribution in [0.15, 0.2) is 41.5 Å². The molecule has 3 aromatic heterocycles. The molecule has 0 spiro atoms. The summed E-state index contributed by atoms with van der Waals surface area (Å²) >= 11 is 9.22. The highest BCUT2D eigenvalue weighted by Crippen LogP contribution is 2.24. The lowest BCUT2D eigenvalue weighted by molar-refractivity contribution is 0.102. The number of hydrogen-bond donors (Lipinski definition) is 1. The molecular weight excluding hydrogens is 346 g/mol. The van der Waals surface area contributed by atoms with E-state index in [1.807, 2.05) is 0 Å². The molecule has 3 heterocycles. The molecular formula is C12H7BrClN5O. The molecule has 0 bridgehead atoms. The van der Waals surface area contributed by atoms with Gasteiger partial charge in [-0.3, -0.25) is 4.79 Å². The number of nitrogens with zero attached hydrogens (tertiary/aromatic N) is 4. The normalized spacial score (nSPS) is 10.7. The fourth-order valence-corrected chi connectivity index (χ4v) is 2.57. The maximum absolute atomic E-state index is 12.3. The van der Waals surface area contributed by atoms with Crippen molar-refractivity contribution in [2.75, 3.05) is 5.32 Å². The Morgan fingerprint density at radius 3 is 3.00 bits per heavy atom. The van der Waals surface area contributed by atoms with Gasteiger partial charge in [0, 0.05) is 18.6 Å². The molecule has 0 radical (unpaired) electrons. The van der Waals surface area contributed by atoms with Crippen LogP contribution in [0.4, 0.5) is 5.69 Å². The van der Waals surface area contributed by atoms with Crippen LogP contribution in [-0.4, -0.2) is 25.5 Å². The molecule has 0 atom stereocenters. The summed E-state index contributed by atoms with van der Waals surface area (Å²) in [5.74, 6) is -0.379. The number of carbonyl (C=O) groups excluding carboxylic acids is 1. The Labute approximate surface area is 126 Å². The number of aromatic nitrogens is 4. The topological polar surface area (TPSA) is 72.2 Å². The van der Waals surface area contributed by atoms with Crippen LogP contribution in [0.1, 0.15) is 10.4 Å². The van der Waals surface area contributed by atoms with Crippen LogP contribution in [0.5, 0.6) is 0 Å². The number of carbonyl (C=O) groups is 1. The minimum absolute atomic E-state index is 0.268. The summed E-state index contributed by atoms with van der Waals surface area (Å²) in [4.78, 5) is 20.4. The molecule has 0 saturated heterocycles. The van der Waals surface area contributed by atoms with Crippen molar-refractivity contribution in [2.24, 2.45) is 0 Å². The molecule has 100 valence electrons. The van der Waals surface area contributed by atoms with E-state index >= 15 is 0 Å². The van der Waals surface area contributed by atoms with Crippen LogP contribution in [0.2, 0.25) is 5.02 Å². The Morgan fingerprint density at radius 1 is 1.35 bits per heavy atom. The van der Waals surface area contributed by atoms with E-state index in [0.717, 1.165) is 0 Å². The van der Waals surface area contributed by atoms with Gasteiger partial charge in [0.25, 0.3) is 5.91 Å². The summed E-state index contributed by atoms with van der Waals surface area (Å²) in [7, 11) is 0. The molecule has 0 unspecified atom stereocenters. The largest absolute Gasteiger partial charge is 0.317 e. The van der Waals surface area contributed by atoms with Crippen LogP contribution < -0.4 is 5.32 Å². The van der Waals surface area contributed by atoms with Crippen molar-refractivity contribution in [2.45, 2.75) is 0 Å². The molecule has 20 heavy (non-hydrogen) atoms. The number of rotatable bonds is 2. The first-order valence-corrected chi connectivity index (χ1v) is 6.73. The smallest absolute Gasteiger partial charge is 0.260 e. The molecule has 1 N–H and O–H groups in total. The van der Waals surface area contributed by atoms with E-state index < -0.39 is 0 Å². The van der Waals surface area contributed by atoms with E-state index in [1.165, 1.54) is 12.4 Å². The summed E-state index contributed by atoms with van der Waals surface area (Å²) in [6, 6.07) is 3.30. The van der Waals surface area contributed by atoms with E-state index in [1.54, 1.807) is 29.0 Å². The van der Waals surface area contributed by atoms with Crippen molar-refractivity contribution >= 4 is 44.8 Å². The average Bonchev–Trinajstić information content (AvgIpc) is 2.82. The van der Waals surface area contributed by atoms with Crippen molar-refractivity contribution < 1.29 is 4.79 Å². The second-order valence-electron chi connectivity index (χ2n) is 3.86. The highest BCUT2D eigenvalue weighted by molar-refractivity contribution is 9.10. The minimum Gasteiger partial charge on any atom is -0.317 e. The Kier molecular flexibility index (Phi) is 3.37. The van der Waals surface area contributed by atoms with Gasteiger partial charge in [-0.15, -0.1) is 0 Å². The monoisotopic (exact) mass is 351 g/mol. The van der Waals surface area contributed by atoms with Crippen molar-refractivity contribution in [3.8, 4) is 0 Å². The zero-order chi connectivity index (χ0) is 14.1. The molecule has 6 nitrogen and oxygen atoms in total. The highest BCUT2D eigenvalue weighted by atomic mass is 79.9. The van der Waals surface area contributed by atoms with Crippen molar-refractivity contribution in [3.05, 3.63) is 52.1 Å². The fourth-order valence-electron chi connectivity index (χ4n) is 1.72. The third-order valence-corrected chi connectivity index (χ3v) is 3.52. The lowest BCUT2D eigenvalue weighted by Crippen LogP contribution is -2.13. The summed E-state index contributed by atoms with van der Waals surface area (Å²) in [5.41, 5.74) is 1.32. The molecule has 0 fully saturated rings.